The molecule has 8 heteroatoms. The Morgan fingerprint density at radius 1 is 1.15 bits per heavy atom. The van der Waals surface area contributed by atoms with Crippen LogP contribution in [0.1, 0.15) is 12.5 Å². The first-order valence-corrected chi connectivity index (χ1v) is 9.62. The van der Waals surface area contributed by atoms with Crippen LogP contribution in [0.25, 0.3) is 0 Å². The molecule has 0 amide bonds. The van der Waals surface area contributed by atoms with Crippen molar-refractivity contribution < 1.29 is 17.9 Å². The largest absolute Gasteiger partial charge is 0.462 e. The number of nitriles is 1. The number of rotatable bonds is 8. The summed E-state index contributed by atoms with van der Waals surface area (Å²) in [6.45, 7) is 2.00. The van der Waals surface area contributed by atoms with Gasteiger partial charge in [-0.15, -0.1) is 0 Å². The number of esters is 1. The van der Waals surface area contributed by atoms with Crippen LogP contribution in [0.2, 0.25) is 0 Å². The molecule has 140 valence electrons. The van der Waals surface area contributed by atoms with Gasteiger partial charge in [0.05, 0.1) is 11.5 Å². The van der Waals surface area contributed by atoms with Crippen molar-refractivity contribution in [3.05, 3.63) is 71.9 Å². The van der Waals surface area contributed by atoms with E-state index in [9.17, 15) is 13.2 Å². The molecule has 2 rings (SSSR count). The lowest BCUT2D eigenvalue weighted by Crippen LogP contribution is -2.23. The van der Waals surface area contributed by atoms with Gasteiger partial charge >= 0.3 is 5.97 Å². The Bertz CT molecular complexity index is 947. The second kappa shape index (κ2) is 9.52. The van der Waals surface area contributed by atoms with Gasteiger partial charge in [0, 0.05) is 18.4 Å². The summed E-state index contributed by atoms with van der Waals surface area (Å²) in [6, 6.07) is 16.9. The first-order valence-electron chi connectivity index (χ1n) is 8.14. The molecule has 0 bridgehead atoms. The number of sulfonamides is 1. The van der Waals surface area contributed by atoms with Crippen molar-refractivity contribution in [2.45, 2.75) is 18.4 Å². The van der Waals surface area contributed by atoms with Crippen LogP contribution in [0.4, 0.5) is 5.69 Å². The normalized spacial score (nSPS) is 11.5. The van der Waals surface area contributed by atoms with E-state index >= 15 is 0 Å². The third-order valence-corrected chi connectivity index (χ3v) is 4.89. The molecule has 0 aliphatic carbocycles. The smallest absolute Gasteiger partial charge is 0.350 e. The van der Waals surface area contributed by atoms with Gasteiger partial charge in [0.25, 0.3) is 0 Å². The predicted octanol–water partition coefficient (Wildman–Crippen LogP) is 2.55. The molecule has 27 heavy (non-hydrogen) atoms. The molecule has 0 aliphatic heterocycles. The van der Waals surface area contributed by atoms with E-state index in [1.165, 1.54) is 30.5 Å². The Kier molecular flexibility index (Phi) is 7.11. The summed E-state index contributed by atoms with van der Waals surface area (Å²) >= 11 is 0. The Morgan fingerprint density at radius 3 is 2.41 bits per heavy atom. The SMILES string of the molecule is CCOC(=O)/C(C#N)=C\Nc1ccc(S(=O)(=O)NCc2ccccc2)cc1. The predicted molar refractivity (Wildman–Crippen MR) is 101 cm³/mol. The summed E-state index contributed by atoms with van der Waals surface area (Å²) in [5, 5.41) is 11.7. The van der Waals surface area contributed by atoms with Gasteiger partial charge in [0.2, 0.25) is 10.0 Å². The van der Waals surface area contributed by atoms with Crippen LogP contribution in [-0.4, -0.2) is 21.0 Å². The molecular weight excluding hydrogens is 366 g/mol. The van der Waals surface area contributed by atoms with Crippen molar-refractivity contribution in [2.75, 3.05) is 11.9 Å². The lowest BCUT2D eigenvalue weighted by atomic mass is 10.2. The quantitative estimate of drug-likeness (QED) is 0.411. The Morgan fingerprint density at radius 2 is 1.81 bits per heavy atom. The topological polar surface area (TPSA) is 108 Å². The molecule has 2 N–H and O–H groups in total. The second-order valence-corrected chi connectivity index (χ2v) is 7.14. The van der Waals surface area contributed by atoms with Crippen LogP contribution < -0.4 is 10.0 Å². The highest BCUT2D eigenvalue weighted by molar-refractivity contribution is 7.89. The molecule has 0 aromatic heterocycles. The van der Waals surface area contributed by atoms with Crippen molar-refractivity contribution in [3.63, 3.8) is 0 Å². The van der Waals surface area contributed by atoms with E-state index in [1.54, 1.807) is 13.0 Å². The zero-order valence-electron chi connectivity index (χ0n) is 14.7. The number of carbonyl (C=O) groups is 1. The third-order valence-electron chi connectivity index (χ3n) is 3.47. The van der Waals surface area contributed by atoms with E-state index in [2.05, 4.69) is 10.0 Å². The minimum atomic E-state index is -3.65. The zero-order valence-corrected chi connectivity index (χ0v) is 15.5. The molecule has 0 fully saturated rings. The van der Waals surface area contributed by atoms with Gasteiger partial charge in [-0.2, -0.15) is 5.26 Å². The number of nitrogens with one attached hydrogen (secondary N) is 2. The molecule has 0 atom stereocenters. The number of nitrogens with zero attached hydrogens (tertiary/aromatic N) is 1. The molecule has 0 spiro atoms. The summed E-state index contributed by atoms with van der Waals surface area (Å²) in [5.74, 6) is -0.725. The fourth-order valence-corrected chi connectivity index (χ4v) is 3.11. The minimum Gasteiger partial charge on any atom is -0.462 e. The average molecular weight is 385 g/mol. The van der Waals surface area contributed by atoms with E-state index in [-0.39, 0.29) is 23.6 Å². The number of carbonyl (C=O) groups excluding carboxylic acids is 1. The highest BCUT2D eigenvalue weighted by Gasteiger charge is 2.13. The van der Waals surface area contributed by atoms with Gasteiger partial charge in [-0.25, -0.2) is 17.9 Å². The number of hydrogen-bond acceptors (Lipinski definition) is 6. The van der Waals surface area contributed by atoms with Crippen LogP contribution in [0.5, 0.6) is 0 Å². The fraction of sp³-hybridized carbons (Fsp3) is 0.158. The van der Waals surface area contributed by atoms with E-state index in [1.807, 2.05) is 30.3 Å². The molecule has 0 saturated carbocycles. The van der Waals surface area contributed by atoms with Gasteiger partial charge < -0.3 is 10.1 Å². The zero-order chi connectivity index (χ0) is 19.7. The summed E-state index contributed by atoms with van der Waals surface area (Å²) in [6.07, 6.45) is 1.22. The highest BCUT2D eigenvalue weighted by Crippen LogP contribution is 2.15. The number of ether oxygens (including phenoxy) is 1. The first-order chi connectivity index (χ1) is 13.0. The maximum Gasteiger partial charge on any atom is 0.350 e. The summed E-state index contributed by atoms with van der Waals surface area (Å²) in [4.78, 5) is 11.6. The lowest BCUT2D eigenvalue weighted by molar-refractivity contribution is -0.138. The lowest BCUT2D eigenvalue weighted by Gasteiger charge is -2.08. The van der Waals surface area contributed by atoms with Crippen LogP contribution in [0.15, 0.2) is 71.3 Å². The van der Waals surface area contributed by atoms with Gasteiger partial charge in [0.1, 0.15) is 6.07 Å². The highest BCUT2D eigenvalue weighted by atomic mass is 32.2. The molecule has 0 saturated heterocycles. The Hall–Kier alpha value is -3.15. The molecule has 0 unspecified atom stereocenters. The standard InChI is InChI=1S/C19H19N3O4S/c1-2-26-19(23)16(12-20)14-21-17-8-10-18(11-9-17)27(24,25)22-13-15-6-4-3-5-7-15/h3-11,14,21-22H,2,13H2,1H3/b16-14-. The van der Waals surface area contributed by atoms with E-state index in [0.29, 0.717) is 5.69 Å². The molecule has 0 aliphatic rings. The van der Waals surface area contributed by atoms with Crippen molar-refractivity contribution in [1.29, 1.82) is 5.26 Å². The molecule has 7 nitrogen and oxygen atoms in total. The summed E-state index contributed by atoms with van der Waals surface area (Å²) in [7, 11) is -3.65. The number of benzene rings is 2. The minimum absolute atomic E-state index is 0.110. The van der Waals surface area contributed by atoms with Crippen molar-refractivity contribution in [2.24, 2.45) is 0 Å². The molecule has 2 aromatic carbocycles. The van der Waals surface area contributed by atoms with E-state index < -0.39 is 16.0 Å². The van der Waals surface area contributed by atoms with Gasteiger partial charge in [-0.1, -0.05) is 30.3 Å². The first kappa shape index (κ1) is 20.2. The maximum atomic E-state index is 12.3. The Balaban J connectivity index is 2.03. The van der Waals surface area contributed by atoms with Crippen LogP contribution in [0.3, 0.4) is 0 Å². The molecule has 2 aromatic rings. The van der Waals surface area contributed by atoms with Crippen molar-refractivity contribution in [1.82, 2.24) is 4.72 Å². The third kappa shape index (κ3) is 5.95. The number of hydrogen-bond donors (Lipinski definition) is 2. The van der Waals surface area contributed by atoms with Gasteiger partial charge in [-0.05, 0) is 36.8 Å². The second-order valence-electron chi connectivity index (χ2n) is 5.37. The number of anilines is 1. The fourth-order valence-electron chi connectivity index (χ4n) is 2.09. The van der Waals surface area contributed by atoms with Gasteiger partial charge in [0.15, 0.2) is 5.57 Å². The molecular formula is C19H19N3O4S. The van der Waals surface area contributed by atoms with Crippen LogP contribution >= 0.6 is 0 Å². The van der Waals surface area contributed by atoms with E-state index in [4.69, 9.17) is 10.00 Å². The van der Waals surface area contributed by atoms with Crippen molar-refractivity contribution in [3.8, 4) is 6.07 Å². The summed E-state index contributed by atoms with van der Waals surface area (Å²) < 4.78 is 32.0. The monoisotopic (exact) mass is 385 g/mol. The van der Waals surface area contributed by atoms with Crippen LogP contribution in [-0.2, 0) is 26.1 Å². The summed E-state index contributed by atoms with van der Waals surface area (Å²) in [5.41, 5.74) is 1.19. The van der Waals surface area contributed by atoms with Gasteiger partial charge in [-0.3, -0.25) is 0 Å². The molecule has 0 heterocycles. The Labute approximate surface area is 158 Å². The molecule has 0 radical (unpaired) electrons. The maximum absolute atomic E-state index is 12.3. The van der Waals surface area contributed by atoms with Crippen molar-refractivity contribution >= 4 is 21.7 Å². The van der Waals surface area contributed by atoms with E-state index in [0.717, 1.165) is 5.56 Å². The van der Waals surface area contributed by atoms with Crippen LogP contribution in [0, 0.1) is 11.3 Å². The average Bonchev–Trinajstić information content (AvgIpc) is 2.68.